The van der Waals surface area contributed by atoms with Crippen molar-refractivity contribution in [3.05, 3.63) is 70.4 Å². The van der Waals surface area contributed by atoms with Crippen LogP contribution in [0.1, 0.15) is 47.2 Å². The van der Waals surface area contributed by atoms with Crippen LogP contribution in [0.2, 0.25) is 0 Å². The van der Waals surface area contributed by atoms with Gasteiger partial charge in [-0.2, -0.15) is 4.98 Å². The Balaban J connectivity index is 1.40. The number of amides is 1. The fourth-order valence-corrected chi connectivity index (χ4v) is 4.27. The molecule has 1 aliphatic heterocycles. The van der Waals surface area contributed by atoms with Crippen molar-refractivity contribution < 1.29 is 9.53 Å². The van der Waals surface area contributed by atoms with Crippen LogP contribution >= 0.6 is 0 Å². The fraction of sp³-hybridized carbons (Fsp3) is 0.292. The first-order chi connectivity index (χ1) is 15.1. The highest BCUT2D eigenvalue weighted by Gasteiger charge is 2.20. The predicted octanol–water partition coefficient (Wildman–Crippen LogP) is 5.06. The van der Waals surface area contributed by atoms with Crippen molar-refractivity contribution in [1.82, 2.24) is 15.3 Å². The van der Waals surface area contributed by atoms with E-state index in [9.17, 15) is 4.79 Å². The van der Waals surface area contributed by atoms with Gasteiger partial charge < -0.3 is 20.7 Å². The van der Waals surface area contributed by atoms with Gasteiger partial charge in [0.1, 0.15) is 12.4 Å². The number of cyclic esters (lactones) is 1. The SMILES string of the molecule is Cc1cnc(Nc2ccc3c(c2)[C@@H](C)NC(=O)OC3)nc1Nc1cccc2c1CCC2. The first kappa shape index (κ1) is 19.4. The molecule has 0 saturated heterocycles. The number of ether oxygens (including phenoxy) is 1. The van der Waals surface area contributed by atoms with Crippen molar-refractivity contribution in [3.63, 3.8) is 0 Å². The van der Waals surface area contributed by atoms with Gasteiger partial charge >= 0.3 is 6.09 Å². The van der Waals surface area contributed by atoms with E-state index in [0.29, 0.717) is 5.95 Å². The third kappa shape index (κ3) is 3.91. The quantitative estimate of drug-likeness (QED) is 0.552. The lowest BCUT2D eigenvalue weighted by Crippen LogP contribution is -2.24. The van der Waals surface area contributed by atoms with Crippen LogP contribution in [0.25, 0.3) is 0 Å². The van der Waals surface area contributed by atoms with Crippen LogP contribution in [0, 0.1) is 6.92 Å². The van der Waals surface area contributed by atoms with Gasteiger partial charge in [0.05, 0.1) is 6.04 Å². The van der Waals surface area contributed by atoms with Crippen molar-refractivity contribution in [2.75, 3.05) is 10.6 Å². The van der Waals surface area contributed by atoms with E-state index in [2.05, 4.69) is 39.1 Å². The monoisotopic (exact) mass is 415 g/mol. The second-order valence-corrected chi connectivity index (χ2v) is 8.13. The molecule has 1 amide bonds. The topological polar surface area (TPSA) is 88.2 Å². The number of nitrogens with zero attached hydrogens (tertiary/aromatic N) is 2. The minimum absolute atomic E-state index is 0.136. The number of aromatic nitrogens is 2. The molecule has 3 N–H and O–H groups in total. The molecule has 31 heavy (non-hydrogen) atoms. The lowest BCUT2D eigenvalue weighted by Gasteiger charge is -2.15. The molecule has 0 unspecified atom stereocenters. The molecule has 1 aromatic heterocycles. The molecule has 3 aromatic rings. The maximum Gasteiger partial charge on any atom is 0.407 e. The third-order valence-corrected chi connectivity index (χ3v) is 5.93. The van der Waals surface area contributed by atoms with Crippen molar-refractivity contribution >= 4 is 29.2 Å². The minimum atomic E-state index is -0.400. The molecule has 0 fully saturated rings. The zero-order valence-corrected chi connectivity index (χ0v) is 17.7. The molecule has 0 bridgehead atoms. The number of hydrogen-bond acceptors (Lipinski definition) is 6. The van der Waals surface area contributed by atoms with Gasteiger partial charge in [0, 0.05) is 23.1 Å². The van der Waals surface area contributed by atoms with Gasteiger partial charge in [0.2, 0.25) is 5.95 Å². The van der Waals surface area contributed by atoms with E-state index in [4.69, 9.17) is 9.72 Å². The molecule has 2 aromatic carbocycles. The summed E-state index contributed by atoms with van der Waals surface area (Å²) in [7, 11) is 0. The number of carbonyl (C=O) groups is 1. The molecule has 7 heteroatoms. The lowest BCUT2D eigenvalue weighted by atomic mass is 10.0. The van der Waals surface area contributed by atoms with Crippen LogP contribution < -0.4 is 16.0 Å². The Bertz CT molecular complexity index is 1160. The Morgan fingerprint density at radius 3 is 2.94 bits per heavy atom. The predicted molar refractivity (Wildman–Crippen MR) is 120 cm³/mol. The van der Waals surface area contributed by atoms with E-state index in [1.807, 2.05) is 38.2 Å². The van der Waals surface area contributed by atoms with Crippen molar-refractivity contribution in [2.24, 2.45) is 0 Å². The van der Waals surface area contributed by atoms with Crippen LogP contribution in [0.3, 0.4) is 0 Å². The molecular formula is C24H25N5O2. The zero-order valence-electron chi connectivity index (χ0n) is 17.7. The van der Waals surface area contributed by atoms with E-state index in [1.54, 1.807) is 0 Å². The first-order valence-corrected chi connectivity index (χ1v) is 10.6. The second-order valence-electron chi connectivity index (χ2n) is 8.13. The molecule has 1 atom stereocenters. The molecule has 7 nitrogen and oxygen atoms in total. The highest BCUT2D eigenvalue weighted by Crippen LogP contribution is 2.32. The van der Waals surface area contributed by atoms with Crippen LogP contribution in [0.5, 0.6) is 0 Å². The van der Waals surface area contributed by atoms with E-state index in [-0.39, 0.29) is 12.6 Å². The summed E-state index contributed by atoms with van der Waals surface area (Å²) in [4.78, 5) is 20.8. The maximum absolute atomic E-state index is 11.7. The summed E-state index contributed by atoms with van der Waals surface area (Å²) < 4.78 is 5.17. The Morgan fingerprint density at radius 1 is 1.13 bits per heavy atom. The van der Waals surface area contributed by atoms with Crippen LogP contribution in [-0.4, -0.2) is 16.1 Å². The second kappa shape index (κ2) is 7.91. The molecule has 2 aliphatic rings. The summed E-state index contributed by atoms with van der Waals surface area (Å²) >= 11 is 0. The number of anilines is 4. The number of rotatable bonds is 4. The number of fused-ring (bicyclic) bond motifs is 2. The van der Waals surface area contributed by atoms with Gasteiger partial charge in [-0.05, 0) is 73.6 Å². The normalized spacial score (nSPS) is 17.1. The standard InChI is InChI=1S/C24H25N5O2/c1-14-12-25-23(29-22(14)28-21-8-4-6-16-5-3-7-19(16)21)27-18-10-9-17-13-31-24(30)26-15(2)20(17)11-18/h4,6,8-12,15H,3,5,7,13H2,1-2H3,(H,26,30)(H2,25,27,28,29)/t15-/m1/s1. The molecular weight excluding hydrogens is 390 g/mol. The first-order valence-electron chi connectivity index (χ1n) is 10.6. The van der Waals surface area contributed by atoms with E-state index in [1.165, 1.54) is 17.5 Å². The molecule has 158 valence electrons. The van der Waals surface area contributed by atoms with E-state index in [0.717, 1.165) is 46.7 Å². The Labute approximate surface area is 181 Å². The summed E-state index contributed by atoms with van der Waals surface area (Å²) in [5.41, 5.74) is 7.78. The summed E-state index contributed by atoms with van der Waals surface area (Å²) in [5, 5.41) is 9.63. The lowest BCUT2D eigenvalue weighted by molar-refractivity contribution is 0.141. The number of alkyl carbamates (subject to hydrolysis) is 1. The molecule has 1 aliphatic carbocycles. The number of benzene rings is 2. The Hall–Kier alpha value is -3.61. The Kier molecular flexibility index (Phi) is 4.94. The van der Waals surface area contributed by atoms with Gasteiger partial charge in [0.25, 0.3) is 0 Å². The van der Waals surface area contributed by atoms with Gasteiger partial charge in [-0.3, -0.25) is 0 Å². The summed E-state index contributed by atoms with van der Waals surface area (Å²) in [6.45, 7) is 4.21. The van der Waals surface area contributed by atoms with Crippen LogP contribution in [0.4, 0.5) is 27.9 Å². The smallest absolute Gasteiger partial charge is 0.407 e. The number of aryl methyl sites for hydroxylation is 2. The van der Waals surface area contributed by atoms with Crippen LogP contribution in [-0.2, 0) is 24.2 Å². The average Bonchev–Trinajstić information content (AvgIpc) is 3.20. The molecule has 5 rings (SSSR count). The van der Waals surface area contributed by atoms with Crippen molar-refractivity contribution in [3.8, 4) is 0 Å². The van der Waals surface area contributed by atoms with Crippen molar-refractivity contribution in [1.29, 1.82) is 0 Å². The number of hydrogen-bond donors (Lipinski definition) is 3. The summed E-state index contributed by atoms with van der Waals surface area (Å²) in [6.07, 6.45) is 4.86. The highest BCUT2D eigenvalue weighted by molar-refractivity contribution is 5.70. The number of nitrogens with one attached hydrogen (secondary N) is 3. The largest absolute Gasteiger partial charge is 0.445 e. The summed E-state index contributed by atoms with van der Waals surface area (Å²) in [6, 6.07) is 12.2. The van der Waals surface area contributed by atoms with Gasteiger partial charge in [-0.25, -0.2) is 9.78 Å². The van der Waals surface area contributed by atoms with E-state index >= 15 is 0 Å². The van der Waals surface area contributed by atoms with E-state index < -0.39 is 6.09 Å². The maximum atomic E-state index is 11.7. The minimum Gasteiger partial charge on any atom is -0.445 e. The molecule has 2 heterocycles. The van der Waals surface area contributed by atoms with Gasteiger partial charge in [0.15, 0.2) is 0 Å². The molecule has 0 radical (unpaired) electrons. The average molecular weight is 415 g/mol. The van der Waals surface area contributed by atoms with Crippen molar-refractivity contribution in [2.45, 2.75) is 45.8 Å². The molecule has 0 spiro atoms. The molecule has 0 saturated carbocycles. The third-order valence-electron chi connectivity index (χ3n) is 5.93. The zero-order chi connectivity index (χ0) is 21.4. The van der Waals surface area contributed by atoms with Gasteiger partial charge in [-0.1, -0.05) is 18.2 Å². The van der Waals surface area contributed by atoms with Crippen LogP contribution in [0.15, 0.2) is 42.6 Å². The number of carbonyl (C=O) groups excluding carboxylic acids is 1. The Morgan fingerprint density at radius 2 is 2.03 bits per heavy atom. The highest BCUT2D eigenvalue weighted by atomic mass is 16.5. The summed E-state index contributed by atoms with van der Waals surface area (Å²) in [5.74, 6) is 1.31. The fourth-order valence-electron chi connectivity index (χ4n) is 4.27. The van der Waals surface area contributed by atoms with Gasteiger partial charge in [-0.15, -0.1) is 0 Å².